The van der Waals surface area contributed by atoms with Gasteiger partial charge in [0.2, 0.25) is 0 Å². The van der Waals surface area contributed by atoms with Crippen LogP contribution < -0.4 is 4.74 Å². The second-order valence-electron chi connectivity index (χ2n) is 8.48. The number of thiol groups is 1. The van der Waals surface area contributed by atoms with Crippen molar-refractivity contribution in [2.75, 3.05) is 12.4 Å². The predicted octanol–water partition coefficient (Wildman–Crippen LogP) is 8.19. The Morgan fingerprint density at radius 2 is 1.48 bits per heavy atom. The van der Waals surface area contributed by atoms with Crippen molar-refractivity contribution in [3.8, 4) is 5.75 Å². The number of rotatable bonds is 14. The fourth-order valence-electron chi connectivity index (χ4n) is 4.41. The van der Waals surface area contributed by atoms with Crippen LogP contribution in [-0.4, -0.2) is 12.4 Å². The highest BCUT2D eigenvalue weighted by Crippen LogP contribution is 2.38. The monoisotopic (exact) mass is 390 g/mol. The lowest BCUT2D eigenvalue weighted by Gasteiger charge is -2.29. The van der Waals surface area contributed by atoms with Crippen molar-refractivity contribution < 1.29 is 4.74 Å². The van der Waals surface area contributed by atoms with Crippen LogP contribution in [0.4, 0.5) is 0 Å². The molecule has 0 heterocycles. The molecule has 0 aliphatic heterocycles. The van der Waals surface area contributed by atoms with Crippen molar-refractivity contribution in [1.29, 1.82) is 0 Å². The van der Waals surface area contributed by atoms with Crippen LogP contribution in [0, 0.1) is 5.92 Å². The van der Waals surface area contributed by atoms with E-state index in [0.29, 0.717) is 0 Å². The molecular weight excluding hydrogens is 348 g/mol. The largest absolute Gasteiger partial charge is 0.494 e. The Hall–Kier alpha value is -0.630. The lowest BCUT2D eigenvalue weighted by molar-refractivity contribution is 0.299. The van der Waals surface area contributed by atoms with Gasteiger partial charge in [-0.1, -0.05) is 70.4 Å². The zero-order valence-corrected chi connectivity index (χ0v) is 18.5. The van der Waals surface area contributed by atoms with Crippen molar-refractivity contribution >= 4 is 12.6 Å². The molecule has 1 nitrogen and oxygen atoms in total. The van der Waals surface area contributed by atoms with E-state index in [4.69, 9.17) is 4.74 Å². The molecule has 1 fully saturated rings. The van der Waals surface area contributed by atoms with Crippen molar-refractivity contribution in [2.45, 2.75) is 103 Å². The van der Waals surface area contributed by atoms with Gasteiger partial charge in [-0.25, -0.2) is 0 Å². The minimum atomic E-state index is 0.777. The molecule has 1 saturated carbocycles. The molecule has 1 aliphatic rings. The van der Waals surface area contributed by atoms with Crippen LogP contribution in [0.15, 0.2) is 24.3 Å². The molecule has 2 heteroatoms. The summed E-state index contributed by atoms with van der Waals surface area (Å²) in [6.45, 7) is 3.16. The lowest BCUT2D eigenvalue weighted by atomic mass is 9.77. The maximum Gasteiger partial charge on any atom is 0.119 e. The van der Waals surface area contributed by atoms with E-state index in [2.05, 4.69) is 43.8 Å². The number of ether oxygens (including phenoxy) is 1. The smallest absolute Gasteiger partial charge is 0.119 e. The maximum absolute atomic E-state index is 5.94. The number of hydrogen-bond acceptors (Lipinski definition) is 2. The number of unbranched alkanes of at least 4 members (excludes halogenated alkanes) is 7. The first kappa shape index (κ1) is 22.7. The van der Waals surface area contributed by atoms with Crippen molar-refractivity contribution in [2.24, 2.45) is 5.92 Å². The standard InChI is InChI=1S/C25H42OS/c1-2-3-8-11-22-12-14-23(15-13-22)24-16-18-25(19-17-24)26-20-9-6-4-5-7-10-21-27/h16-19,22-23,27H,2-15,20-21H2,1H3. The van der Waals surface area contributed by atoms with E-state index in [0.717, 1.165) is 29.9 Å². The third kappa shape index (κ3) is 9.41. The first-order valence-corrected chi connectivity index (χ1v) is 12.3. The van der Waals surface area contributed by atoms with Crippen LogP contribution in [0.25, 0.3) is 0 Å². The average Bonchev–Trinajstić information content (AvgIpc) is 2.71. The molecular formula is C25H42OS. The molecule has 27 heavy (non-hydrogen) atoms. The molecule has 0 saturated heterocycles. The van der Waals surface area contributed by atoms with Gasteiger partial charge in [-0.2, -0.15) is 12.6 Å². The van der Waals surface area contributed by atoms with E-state index in [9.17, 15) is 0 Å². The summed E-state index contributed by atoms with van der Waals surface area (Å²) in [5.41, 5.74) is 1.53. The topological polar surface area (TPSA) is 9.23 Å². The second-order valence-corrected chi connectivity index (χ2v) is 8.92. The highest BCUT2D eigenvalue weighted by Gasteiger charge is 2.21. The van der Waals surface area contributed by atoms with Crippen molar-refractivity contribution in [1.82, 2.24) is 0 Å². The molecule has 1 aromatic rings. The zero-order chi connectivity index (χ0) is 19.2. The zero-order valence-electron chi connectivity index (χ0n) is 17.6. The van der Waals surface area contributed by atoms with Gasteiger partial charge in [0.05, 0.1) is 6.61 Å². The average molecular weight is 391 g/mol. The van der Waals surface area contributed by atoms with E-state index >= 15 is 0 Å². The van der Waals surface area contributed by atoms with Crippen LogP contribution in [0.3, 0.4) is 0 Å². The Labute approximate surface area is 174 Å². The summed E-state index contributed by atoms with van der Waals surface area (Å²) < 4.78 is 5.94. The van der Waals surface area contributed by atoms with Crippen LogP contribution >= 0.6 is 12.6 Å². The summed E-state index contributed by atoms with van der Waals surface area (Å²) in [6, 6.07) is 9.01. The number of benzene rings is 1. The van der Waals surface area contributed by atoms with Gasteiger partial charge in [-0.05, 0) is 73.8 Å². The molecule has 0 bridgehead atoms. The SMILES string of the molecule is CCCCCC1CCC(c2ccc(OCCCCCCCCS)cc2)CC1. The van der Waals surface area contributed by atoms with Crippen molar-refractivity contribution in [3.63, 3.8) is 0 Å². The quantitative estimate of drug-likeness (QED) is 0.249. The van der Waals surface area contributed by atoms with Crippen LogP contribution in [0.2, 0.25) is 0 Å². The van der Waals surface area contributed by atoms with Gasteiger partial charge in [0.25, 0.3) is 0 Å². The Morgan fingerprint density at radius 1 is 0.815 bits per heavy atom. The summed E-state index contributed by atoms with van der Waals surface area (Å²) in [5, 5.41) is 0. The van der Waals surface area contributed by atoms with Gasteiger partial charge in [0.1, 0.15) is 5.75 Å². The van der Waals surface area contributed by atoms with Gasteiger partial charge in [-0.15, -0.1) is 0 Å². The summed E-state index contributed by atoms with van der Waals surface area (Å²) >= 11 is 4.26. The fraction of sp³-hybridized carbons (Fsp3) is 0.760. The molecule has 0 N–H and O–H groups in total. The second kappa shape index (κ2) is 14.4. The normalized spacial score (nSPS) is 19.9. The third-order valence-corrected chi connectivity index (χ3v) is 6.55. The van der Waals surface area contributed by atoms with Gasteiger partial charge < -0.3 is 4.74 Å². The summed E-state index contributed by atoms with van der Waals surface area (Å²) in [4.78, 5) is 0. The van der Waals surface area contributed by atoms with Gasteiger partial charge >= 0.3 is 0 Å². The van der Waals surface area contributed by atoms with E-state index in [1.165, 1.54) is 95.5 Å². The van der Waals surface area contributed by atoms with Gasteiger partial charge in [0, 0.05) is 0 Å². The summed E-state index contributed by atoms with van der Waals surface area (Å²) in [5.74, 6) is 3.84. The molecule has 0 radical (unpaired) electrons. The third-order valence-electron chi connectivity index (χ3n) is 6.24. The fourth-order valence-corrected chi connectivity index (χ4v) is 4.64. The molecule has 0 spiro atoms. The Bertz CT molecular complexity index is 462. The summed E-state index contributed by atoms with van der Waals surface area (Å²) in [7, 11) is 0. The van der Waals surface area contributed by atoms with Crippen LogP contribution in [0.5, 0.6) is 5.75 Å². The van der Waals surface area contributed by atoms with Crippen molar-refractivity contribution in [3.05, 3.63) is 29.8 Å². The molecule has 1 aliphatic carbocycles. The first-order chi connectivity index (χ1) is 13.3. The Morgan fingerprint density at radius 3 is 2.15 bits per heavy atom. The predicted molar refractivity (Wildman–Crippen MR) is 122 cm³/mol. The molecule has 154 valence electrons. The van der Waals surface area contributed by atoms with Gasteiger partial charge in [0.15, 0.2) is 0 Å². The number of hydrogen-bond donors (Lipinski definition) is 1. The lowest BCUT2D eigenvalue weighted by Crippen LogP contribution is -2.13. The minimum absolute atomic E-state index is 0.777. The van der Waals surface area contributed by atoms with E-state index in [-0.39, 0.29) is 0 Å². The highest BCUT2D eigenvalue weighted by atomic mass is 32.1. The molecule has 2 rings (SSSR count). The highest BCUT2D eigenvalue weighted by molar-refractivity contribution is 7.80. The molecule has 0 unspecified atom stereocenters. The minimum Gasteiger partial charge on any atom is -0.494 e. The van der Waals surface area contributed by atoms with E-state index < -0.39 is 0 Å². The van der Waals surface area contributed by atoms with E-state index in [1.807, 2.05) is 0 Å². The molecule has 0 amide bonds. The Balaban J connectivity index is 1.58. The summed E-state index contributed by atoms with van der Waals surface area (Å²) in [6.07, 6.45) is 19.0. The molecule has 0 aromatic heterocycles. The Kier molecular flexibility index (Phi) is 12.1. The van der Waals surface area contributed by atoms with Crippen LogP contribution in [-0.2, 0) is 0 Å². The molecule has 1 aromatic carbocycles. The van der Waals surface area contributed by atoms with Gasteiger partial charge in [-0.3, -0.25) is 0 Å². The van der Waals surface area contributed by atoms with Crippen LogP contribution in [0.1, 0.15) is 108 Å². The maximum atomic E-state index is 5.94. The first-order valence-electron chi connectivity index (χ1n) is 11.7. The molecule has 0 atom stereocenters. The van der Waals surface area contributed by atoms with E-state index in [1.54, 1.807) is 0 Å².